The Balaban J connectivity index is 5.13. The van der Waals surface area contributed by atoms with Crippen LogP contribution in [0.4, 0.5) is 0 Å². The van der Waals surface area contributed by atoms with Crippen LogP contribution in [0.5, 0.6) is 0 Å². The molecule has 0 heterocycles. The summed E-state index contributed by atoms with van der Waals surface area (Å²) in [7, 11) is 0. The average molecular weight is 300 g/mol. The van der Waals surface area contributed by atoms with Crippen molar-refractivity contribution < 1.29 is 19.1 Å². The Morgan fingerprint density at radius 1 is 0.714 bits per heavy atom. The summed E-state index contributed by atoms with van der Waals surface area (Å²) in [6.07, 6.45) is 0.685. The molecular weight excluding hydrogens is 268 g/mol. The van der Waals surface area contributed by atoms with Gasteiger partial charge in [-0.15, -0.1) is 0 Å². The molecule has 0 aromatic carbocycles. The van der Waals surface area contributed by atoms with Crippen molar-refractivity contribution in [1.82, 2.24) is 0 Å². The van der Waals surface area contributed by atoms with Crippen LogP contribution in [0.2, 0.25) is 0 Å². The molecule has 0 bridgehead atoms. The summed E-state index contributed by atoms with van der Waals surface area (Å²) in [4.78, 5) is 24.4. The fraction of sp³-hybridized carbons (Fsp3) is 0.882. The molecule has 0 aromatic rings. The zero-order valence-electron chi connectivity index (χ0n) is 15.3. The lowest BCUT2D eigenvalue weighted by molar-refractivity contribution is -0.209. The number of hydrogen-bond donors (Lipinski definition) is 0. The third kappa shape index (κ3) is 5.01. The van der Waals surface area contributed by atoms with Crippen LogP contribution in [0, 0.1) is 10.8 Å². The third-order valence-corrected chi connectivity index (χ3v) is 4.19. The van der Waals surface area contributed by atoms with Gasteiger partial charge in [-0.05, 0) is 68.7 Å². The Hall–Kier alpha value is -1.06. The maximum Gasteiger partial charge on any atom is 0.312 e. The van der Waals surface area contributed by atoms with Crippen LogP contribution in [0.15, 0.2) is 0 Å². The number of carbonyl (C=O) groups excluding carboxylic acids is 2. The van der Waals surface area contributed by atoms with Crippen molar-refractivity contribution in [3.05, 3.63) is 0 Å². The van der Waals surface area contributed by atoms with Crippen LogP contribution >= 0.6 is 0 Å². The average Bonchev–Trinajstić information content (AvgIpc) is 2.26. The zero-order valence-corrected chi connectivity index (χ0v) is 15.3. The topological polar surface area (TPSA) is 52.6 Å². The molecule has 0 saturated heterocycles. The Labute approximate surface area is 129 Å². The normalized spacial score (nSPS) is 13.8. The van der Waals surface area contributed by atoms with E-state index in [-0.39, 0.29) is 11.9 Å². The fourth-order valence-electron chi connectivity index (χ4n) is 1.14. The third-order valence-electron chi connectivity index (χ3n) is 4.19. The lowest BCUT2D eigenvalue weighted by Gasteiger charge is -2.42. The van der Waals surface area contributed by atoms with E-state index in [2.05, 4.69) is 0 Å². The first-order chi connectivity index (χ1) is 9.07. The molecule has 0 rings (SSSR count). The van der Waals surface area contributed by atoms with E-state index in [0.29, 0.717) is 6.42 Å². The highest BCUT2D eigenvalue weighted by atomic mass is 16.6. The number of esters is 2. The molecule has 0 spiro atoms. The van der Waals surface area contributed by atoms with Gasteiger partial charge in [0.05, 0.1) is 10.8 Å². The highest BCUT2D eigenvalue weighted by Gasteiger charge is 2.47. The number of rotatable bonds is 5. The Morgan fingerprint density at radius 2 is 1.05 bits per heavy atom. The van der Waals surface area contributed by atoms with Gasteiger partial charge in [-0.3, -0.25) is 9.59 Å². The summed E-state index contributed by atoms with van der Waals surface area (Å²) < 4.78 is 11.3. The van der Waals surface area contributed by atoms with E-state index in [0.717, 1.165) is 0 Å². The molecule has 0 radical (unpaired) electrons. The summed E-state index contributed by atoms with van der Waals surface area (Å²) in [6.45, 7) is 18.1. The summed E-state index contributed by atoms with van der Waals surface area (Å²) in [6, 6.07) is 0. The Kier molecular flexibility index (Phi) is 5.67. The van der Waals surface area contributed by atoms with Crippen molar-refractivity contribution in [3.8, 4) is 0 Å². The predicted molar refractivity (Wildman–Crippen MR) is 83.9 cm³/mol. The van der Waals surface area contributed by atoms with Gasteiger partial charge in [0.25, 0.3) is 0 Å². The minimum Gasteiger partial charge on any atom is -0.455 e. The second kappa shape index (κ2) is 5.98. The molecular formula is C17H32O4. The summed E-state index contributed by atoms with van der Waals surface area (Å²) in [5.74, 6) is -0.596. The van der Waals surface area contributed by atoms with Crippen molar-refractivity contribution in [3.63, 3.8) is 0 Å². The molecule has 21 heavy (non-hydrogen) atoms. The predicted octanol–water partition coefficient (Wildman–Crippen LogP) is 4.11. The second-order valence-corrected chi connectivity index (χ2v) is 8.29. The standard InChI is InChI=1S/C17H32O4/c1-11-15(5,6)13(19)21-17(9,10)16(7,8)20-12(18)14(2,3)4/h11H2,1-10H3. The van der Waals surface area contributed by atoms with Gasteiger partial charge in [-0.1, -0.05) is 6.92 Å². The molecule has 0 aliphatic carbocycles. The van der Waals surface area contributed by atoms with Gasteiger partial charge < -0.3 is 9.47 Å². The SMILES string of the molecule is CCC(C)(C)C(=O)OC(C)(C)C(C)(C)OC(=O)C(C)(C)C. The summed E-state index contributed by atoms with van der Waals surface area (Å²) in [5.41, 5.74) is -2.99. The van der Waals surface area contributed by atoms with E-state index in [4.69, 9.17) is 9.47 Å². The number of carbonyl (C=O) groups is 2. The molecule has 0 aliphatic rings. The van der Waals surface area contributed by atoms with Gasteiger partial charge in [-0.25, -0.2) is 0 Å². The first kappa shape index (κ1) is 19.9. The van der Waals surface area contributed by atoms with E-state index in [1.54, 1.807) is 48.5 Å². The van der Waals surface area contributed by atoms with Crippen molar-refractivity contribution in [2.24, 2.45) is 10.8 Å². The van der Waals surface area contributed by atoms with Crippen LogP contribution in [-0.2, 0) is 19.1 Å². The lowest BCUT2D eigenvalue weighted by Crippen LogP contribution is -2.53. The van der Waals surface area contributed by atoms with Crippen molar-refractivity contribution in [2.75, 3.05) is 0 Å². The van der Waals surface area contributed by atoms with Gasteiger partial charge in [0, 0.05) is 0 Å². The van der Waals surface area contributed by atoms with Gasteiger partial charge >= 0.3 is 11.9 Å². The van der Waals surface area contributed by atoms with Crippen LogP contribution in [0.25, 0.3) is 0 Å². The van der Waals surface area contributed by atoms with Crippen molar-refractivity contribution in [1.29, 1.82) is 0 Å². The minimum atomic E-state index is -0.920. The molecule has 4 heteroatoms. The number of hydrogen-bond acceptors (Lipinski definition) is 4. The van der Waals surface area contributed by atoms with Crippen molar-refractivity contribution in [2.45, 2.75) is 86.9 Å². The van der Waals surface area contributed by atoms with Gasteiger partial charge in [0.1, 0.15) is 11.2 Å². The fourth-order valence-corrected chi connectivity index (χ4v) is 1.14. The molecule has 0 amide bonds. The largest absolute Gasteiger partial charge is 0.455 e. The highest BCUT2D eigenvalue weighted by molar-refractivity contribution is 5.77. The molecule has 0 aromatic heterocycles. The molecule has 0 aliphatic heterocycles. The van der Waals surface area contributed by atoms with E-state index in [1.807, 2.05) is 20.8 Å². The van der Waals surface area contributed by atoms with Crippen LogP contribution in [0.1, 0.15) is 75.7 Å². The highest BCUT2D eigenvalue weighted by Crippen LogP contribution is 2.34. The van der Waals surface area contributed by atoms with E-state index < -0.39 is 22.0 Å². The van der Waals surface area contributed by atoms with Gasteiger partial charge in [-0.2, -0.15) is 0 Å². The minimum absolute atomic E-state index is 0.283. The van der Waals surface area contributed by atoms with Gasteiger partial charge in [0.2, 0.25) is 0 Å². The summed E-state index contributed by atoms with van der Waals surface area (Å²) in [5, 5.41) is 0. The molecule has 0 fully saturated rings. The van der Waals surface area contributed by atoms with Crippen LogP contribution in [0.3, 0.4) is 0 Å². The summed E-state index contributed by atoms with van der Waals surface area (Å²) >= 11 is 0. The smallest absolute Gasteiger partial charge is 0.312 e. The Bertz CT molecular complexity index is 398. The Morgan fingerprint density at radius 3 is 1.33 bits per heavy atom. The molecule has 0 unspecified atom stereocenters. The van der Waals surface area contributed by atoms with E-state index >= 15 is 0 Å². The molecule has 124 valence electrons. The quantitative estimate of drug-likeness (QED) is 0.717. The monoisotopic (exact) mass is 300 g/mol. The van der Waals surface area contributed by atoms with Crippen molar-refractivity contribution >= 4 is 11.9 Å². The molecule has 4 nitrogen and oxygen atoms in total. The molecule has 0 atom stereocenters. The van der Waals surface area contributed by atoms with Gasteiger partial charge in [0.15, 0.2) is 0 Å². The van der Waals surface area contributed by atoms with E-state index in [9.17, 15) is 9.59 Å². The maximum absolute atomic E-state index is 12.3. The first-order valence-electron chi connectivity index (χ1n) is 7.54. The second-order valence-electron chi connectivity index (χ2n) is 8.29. The molecule has 0 saturated carbocycles. The lowest BCUT2D eigenvalue weighted by atomic mass is 9.86. The number of ether oxygens (including phenoxy) is 2. The maximum atomic E-state index is 12.3. The van der Waals surface area contributed by atoms with Crippen LogP contribution < -0.4 is 0 Å². The first-order valence-corrected chi connectivity index (χ1v) is 7.54. The molecule has 0 N–H and O–H groups in total. The van der Waals surface area contributed by atoms with Crippen LogP contribution in [-0.4, -0.2) is 23.1 Å². The van der Waals surface area contributed by atoms with E-state index in [1.165, 1.54) is 0 Å². The zero-order chi connectivity index (χ0) is 17.3.